The lowest BCUT2D eigenvalue weighted by Gasteiger charge is -2.15. The van der Waals surface area contributed by atoms with Crippen LogP contribution in [0.15, 0.2) is 22.7 Å². The van der Waals surface area contributed by atoms with E-state index in [0.717, 1.165) is 29.6 Å². The average molecular weight is 329 g/mol. The van der Waals surface area contributed by atoms with Gasteiger partial charge in [-0.1, -0.05) is 15.9 Å². The van der Waals surface area contributed by atoms with Crippen LogP contribution >= 0.6 is 15.9 Å². The van der Waals surface area contributed by atoms with Crippen LogP contribution in [-0.4, -0.2) is 24.2 Å². The number of hydrogen-bond donors (Lipinski definition) is 1. The first kappa shape index (κ1) is 14.4. The van der Waals surface area contributed by atoms with Crippen LogP contribution in [0.4, 0.5) is 5.69 Å². The van der Waals surface area contributed by atoms with Crippen molar-refractivity contribution in [3.8, 4) is 0 Å². The minimum atomic E-state index is -0.389. The van der Waals surface area contributed by atoms with E-state index in [1.165, 1.54) is 12.1 Å². The monoisotopic (exact) mass is 328 g/mol. The molecule has 0 radical (unpaired) electrons. The predicted octanol–water partition coefficient (Wildman–Crippen LogP) is 2.87. The van der Waals surface area contributed by atoms with E-state index in [1.54, 1.807) is 6.07 Å². The lowest BCUT2D eigenvalue weighted by Crippen LogP contribution is -2.26. The largest absolute Gasteiger partial charge is 0.378 e. The highest BCUT2D eigenvalue weighted by Gasteiger charge is 2.23. The number of rotatable bonds is 5. The lowest BCUT2D eigenvalue weighted by atomic mass is 10.0. The number of non-ortho nitro benzene ring substituents is 1. The highest BCUT2D eigenvalue weighted by Crippen LogP contribution is 2.23. The van der Waals surface area contributed by atoms with Gasteiger partial charge in [0.05, 0.1) is 11.0 Å². The Bertz CT molecular complexity index is 467. The molecule has 1 fully saturated rings. The van der Waals surface area contributed by atoms with E-state index in [4.69, 9.17) is 4.74 Å². The smallest absolute Gasteiger partial charge is 0.270 e. The summed E-state index contributed by atoms with van der Waals surface area (Å²) < 4.78 is 6.28. The Morgan fingerprint density at radius 3 is 2.95 bits per heavy atom. The molecule has 1 heterocycles. The molecule has 0 bridgehead atoms. The second kappa shape index (κ2) is 6.45. The number of nitrogens with one attached hydrogen (secondary N) is 1. The molecule has 5 nitrogen and oxygen atoms in total. The number of nitro groups is 1. The van der Waals surface area contributed by atoms with Crippen LogP contribution in [0.5, 0.6) is 0 Å². The van der Waals surface area contributed by atoms with Crippen molar-refractivity contribution in [1.29, 1.82) is 0 Å². The molecule has 1 aliphatic rings. The number of halogens is 1. The summed E-state index contributed by atoms with van der Waals surface area (Å²) in [5.74, 6) is 0.553. The molecule has 0 spiro atoms. The van der Waals surface area contributed by atoms with E-state index in [9.17, 15) is 10.1 Å². The molecule has 19 heavy (non-hydrogen) atoms. The van der Waals surface area contributed by atoms with Crippen molar-refractivity contribution in [2.24, 2.45) is 5.92 Å². The fourth-order valence-electron chi connectivity index (χ4n) is 2.23. The molecule has 0 aromatic heterocycles. The maximum Gasteiger partial charge on any atom is 0.270 e. The molecule has 1 N–H and O–H groups in total. The van der Waals surface area contributed by atoms with E-state index < -0.39 is 0 Å². The van der Waals surface area contributed by atoms with Crippen LogP contribution in [0, 0.1) is 16.0 Å². The van der Waals surface area contributed by atoms with Gasteiger partial charge in [-0.3, -0.25) is 10.1 Å². The molecule has 2 atom stereocenters. The highest BCUT2D eigenvalue weighted by molar-refractivity contribution is 9.10. The SMILES string of the molecule is CC1OCCC1CNCc1ccc([N+](=O)[O-])cc1Br. The minimum absolute atomic E-state index is 0.105. The van der Waals surface area contributed by atoms with Crippen LogP contribution in [0.2, 0.25) is 0 Å². The molecule has 2 unspecified atom stereocenters. The molecule has 0 saturated carbocycles. The predicted molar refractivity (Wildman–Crippen MR) is 76.0 cm³/mol. The molecule has 6 heteroatoms. The normalized spacial score (nSPS) is 22.6. The van der Waals surface area contributed by atoms with Crippen molar-refractivity contribution >= 4 is 21.6 Å². The maximum atomic E-state index is 10.6. The van der Waals surface area contributed by atoms with Crippen molar-refractivity contribution < 1.29 is 9.66 Å². The van der Waals surface area contributed by atoms with Gasteiger partial charge in [0.15, 0.2) is 0 Å². The minimum Gasteiger partial charge on any atom is -0.378 e. The van der Waals surface area contributed by atoms with Gasteiger partial charge < -0.3 is 10.1 Å². The molecule has 1 aliphatic heterocycles. The zero-order chi connectivity index (χ0) is 13.8. The summed E-state index contributed by atoms with van der Waals surface area (Å²) in [5.41, 5.74) is 1.13. The molecule has 1 saturated heterocycles. The fraction of sp³-hybridized carbons (Fsp3) is 0.538. The number of ether oxygens (including phenoxy) is 1. The average Bonchev–Trinajstić information content (AvgIpc) is 2.77. The quantitative estimate of drug-likeness (QED) is 0.666. The molecule has 104 valence electrons. The van der Waals surface area contributed by atoms with Crippen molar-refractivity contribution in [2.45, 2.75) is 26.0 Å². The van der Waals surface area contributed by atoms with Gasteiger partial charge in [-0.05, 0) is 30.9 Å². The van der Waals surface area contributed by atoms with Gasteiger partial charge in [0, 0.05) is 36.3 Å². The molecular formula is C13H17BrN2O3. The summed E-state index contributed by atoms with van der Waals surface area (Å²) in [6, 6.07) is 4.85. The second-order valence-corrected chi connectivity index (χ2v) is 5.64. The fourth-order valence-corrected chi connectivity index (χ4v) is 2.74. The van der Waals surface area contributed by atoms with Gasteiger partial charge >= 0.3 is 0 Å². The van der Waals surface area contributed by atoms with Crippen LogP contribution in [0.25, 0.3) is 0 Å². The molecule has 1 aromatic rings. The zero-order valence-corrected chi connectivity index (χ0v) is 12.4. The van der Waals surface area contributed by atoms with E-state index in [-0.39, 0.29) is 10.6 Å². The van der Waals surface area contributed by atoms with Crippen molar-refractivity contribution in [3.05, 3.63) is 38.3 Å². The second-order valence-electron chi connectivity index (χ2n) is 4.79. The van der Waals surface area contributed by atoms with Gasteiger partial charge in [0.2, 0.25) is 0 Å². The first-order valence-corrected chi connectivity index (χ1v) is 7.12. The van der Waals surface area contributed by atoms with Gasteiger partial charge in [-0.15, -0.1) is 0 Å². The first-order chi connectivity index (χ1) is 9.08. The third kappa shape index (κ3) is 3.75. The summed E-state index contributed by atoms with van der Waals surface area (Å²) in [6.45, 7) is 4.54. The Labute approximate surface area is 120 Å². The van der Waals surface area contributed by atoms with Crippen LogP contribution in [0.1, 0.15) is 18.9 Å². The summed E-state index contributed by atoms with van der Waals surface area (Å²) in [5, 5.41) is 14.0. The van der Waals surface area contributed by atoms with E-state index in [1.807, 2.05) is 0 Å². The Kier molecular flexibility index (Phi) is 4.90. The maximum absolute atomic E-state index is 10.6. The first-order valence-electron chi connectivity index (χ1n) is 6.33. The van der Waals surface area contributed by atoms with Crippen molar-refractivity contribution in [3.63, 3.8) is 0 Å². The third-order valence-corrected chi connectivity index (χ3v) is 4.24. The van der Waals surface area contributed by atoms with Crippen molar-refractivity contribution in [1.82, 2.24) is 5.32 Å². The Balaban J connectivity index is 1.87. The number of nitro benzene ring substituents is 1. The van der Waals surface area contributed by atoms with Crippen LogP contribution in [-0.2, 0) is 11.3 Å². The van der Waals surface area contributed by atoms with Gasteiger partial charge in [0.1, 0.15) is 0 Å². The van der Waals surface area contributed by atoms with Gasteiger partial charge in [-0.2, -0.15) is 0 Å². The van der Waals surface area contributed by atoms with E-state index in [2.05, 4.69) is 28.2 Å². The van der Waals surface area contributed by atoms with Crippen molar-refractivity contribution in [2.75, 3.05) is 13.2 Å². The van der Waals surface area contributed by atoms with Crippen LogP contribution < -0.4 is 5.32 Å². The molecule has 0 amide bonds. The molecule has 2 rings (SSSR count). The zero-order valence-electron chi connectivity index (χ0n) is 10.8. The summed E-state index contributed by atoms with van der Waals surface area (Å²) in [6.07, 6.45) is 1.41. The van der Waals surface area contributed by atoms with E-state index in [0.29, 0.717) is 18.6 Å². The summed E-state index contributed by atoms with van der Waals surface area (Å²) in [7, 11) is 0. The topological polar surface area (TPSA) is 64.4 Å². The highest BCUT2D eigenvalue weighted by atomic mass is 79.9. The molecule has 0 aliphatic carbocycles. The number of nitrogens with zero attached hydrogens (tertiary/aromatic N) is 1. The van der Waals surface area contributed by atoms with Crippen LogP contribution in [0.3, 0.4) is 0 Å². The number of hydrogen-bond acceptors (Lipinski definition) is 4. The summed E-state index contributed by atoms with van der Waals surface area (Å²) in [4.78, 5) is 10.3. The van der Waals surface area contributed by atoms with Gasteiger partial charge in [0.25, 0.3) is 5.69 Å². The van der Waals surface area contributed by atoms with E-state index >= 15 is 0 Å². The Morgan fingerprint density at radius 2 is 2.37 bits per heavy atom. The standard InChI is InChI=1S/C13H17BrN2O3/c1-9-10(4-5-19-9)7-15-8-11-2-3-12(16(17)18)6-13(11)14/h2-3,6,9-10,15H,4-5,7-8H2,1H3. The summed E-state index contributed by atoms with van der Waals surface area (Å²) >= 11 is 3.37. The number of benzene rings is 1. The molecule has 1 aromatic carbocycles. The Morgan fingerprint density at radius 1 is 1.58 bits per heavy atom. The third-order valence-electron chi connectivity index (χ3n) is 3.50. The molecular weight excluding hydrogens is 312 g/mol. The lowest BCUT2D eigenvalue weighted by molar-refractivity contribution is -0.384. The van der Waals surface area contributed by atoms with Gasteiger partial charge in [-0.25, -0.2) is 0 Å². The Hall–Kier alpha value is -0.980.